The molecule has 5 rings (SSSR count). The fourth-order valence-corrected chi connectivity index (χ4v) is 6.17. The molecule has 1 unspecified atom stereocenters. The van der Waals surface area contributed by atoms with Gasteiger partial charge < -0.3 is 20.1 Å². The first-order chi connectivity index (χ1) is 16.1. The summed E-state index contributed by atoms with van der Waals surface area (Å²) in [5.41, 5.74) is 1.39. The Kier molecular flexibility index (Phi) is 5.69. The zero-order valence-corrected chi connectivity index (χ0v) is 18.8. The second-order valence-corrected chi connectivity index (χ2v) is 9.39. The van der Waals surface area contributed by atoms with E-state index in [1.54, 1.807) is 7.11 Å². The van der Waals surface area contributed by atoms with Crippen LogP contribution in [0.2, 0.25) is 0 Å². The number of ether oxygens (including phenoxy) is 1. The van der Waals surface area contributed by atoms with Crippen molar-refractivity contribution in [1.82, 2.24) is 10.3 Å². The van der Waals surface area contributed by atoms with Crippen LogP contribution in [0.1, 0.15) is 36.3 Å². The SMILES string of the molecule is COc1ccccc1[C@]1(O)C[C@@H](C(=O)C(CC#N)c2c[nH]c3ccccc23)C[C@H]2CNC[C@H]21. The van der Waals surface area contributed by atoms with Crippen molar-refractivity contribution in [3.8, 4) is 11.8 Å². The molecule has 1 aromatic heterocycles. The van der Waals surface area contributed by atoms with Crippen molar-refractivity contribution in [3.63, 3.8) is 0 Å². The Morgan fingerprint density at radius 1 is 1.24 bits per heavy atom. The molecular formula is C27H29N3O3. The third-order valence-corrected chi connectivity index (χ3v) is 7.71. The average molecular weight is 444 g/mol. The van der Waals surface area contributed by atoms with Gasteiger partial charge in [-0.15, -0.1) is 0 Å². The number of aromatic amines is 1. The lowest BCUT2D eigenvalue weighted by molar-refractivity contribution is -0.136. The standard InChI is InChI=1S/C27H29N3O3/c1-33-25-9-5-3-7-22(25)27(32)13-17(12-18-14-29-16-23(18)27)26(31)20(10-11-28)21-15-30-24-8-4-2-6-19(21)24/h2-9,15,17-18,20,23,29-30,32H,10,12-14,16H2,1H3/t17-,18-,20?,23+,27+/m0/s1. The zero-order chi connectivity index (χ0) is 23.0. The van der Waals surface area contributed by atoms with Crippen LogP contribution in [0.15, 0.2) is 54.7 Å². The number of aromatic nitrogens is 1. The Morgan fingerprint density at radius 3 is 2.85 bits per heavy atom. The summed E-state index contributed by atoms with van der Waals surface area (Å²) in [5.74, 6) is 0.0228. The number of fused-ring (bicyclic) bond motifs is 2. The monoisotopic (exact) mass is 443 g/mol. The van der Waals surface area contributed by atoms with Gasteiger partial charge in [-0.1, -0.05) is 36.4 Å². The quantitative estimate of drug-likeness (QED) is 0.537. The lowest BCUT2D eigenvalue weighted by atomic mass is 9.61. The van der Waals surface area contributed by atoms with Crippen LogP contribution in [0.5, 0.6) is 5.75 Å². The normalized spacial score (nSPS) is 27.6. The third kappa shape index (κ3) is 3.62. The molecule has 170 valence electrons. The van der Waals surface area contributed by atoms with Gasteiger partial charge in [-0.05, 0) is 43.0 Å². The van der Waals surface area contributed by atoms with E-state index >= 15 is 0 Å². The number of hydrogen-bond donors (Lipinski definition) is 3. The Bertz CT molecular complexity index is 1210. The van der Waals surface area contributed by atoms with Crippen LogP contribution in [-0.2, 0) is 10.4 Å². The summed E-state index contributed by atoms with van der Waals surface area (Å²) in [4.78, 5) is 17.2. The number of ketones is 1. The van der Waals surface area contributed by atoms with Gasteiger partial charge in [0.15, 0.2) is 0 Å². The molecule has 1 saturated carbocycles. The highest BCUT2D eigenvalue weighted by Crippen LogP contribution is 2.51. The van der Waals surface area contributed by atoms with Crippen LogP contribution >= 0.6 is 0 Å². The fourth-order valence-electron chi connectivity index (χ4n) is 6.17. The number of para-hydroxylation sites is 2. The highest BCUT2D eigenvalue weighted by atomic mass is 16.5. The van der Waals surface area contributed by atoms with Crippen molar-refractivity contribution in [2.45, 2.75) is 30.8 Å². The number of aliphatic hydroxyl groups is 1. The summed E-state index contributed by atoms with van der Waals surface area (Å²) in [5, 5.41) is 26.1. The van der Waals surface area contributed by atoms with E-state index in [9.17, 15) is 15.2 Å². The first-order valence-electron chi connectivity index (χ1n) is 11.6. The number of carbonyl (C=O) groups is 1. The number of Topliss-reactive ketones (excluding diaryl/α,β-unsaturated/α-hetero) is 1. The van der Waals surface area contributed by atoms with Gasteiger partial charge in [0.05, 0.1) is 24.7 Å². The lowest BCUT2D eigenvalue weighted by Crippen LogP contribution is -2.48. The first-order valence-corrected chi connectivity index (χ1v) is 11.6. The van der Waals surface area contributed by atoms with Gasteiger partial charge in [-0.2, -0.15) is 5.26 Å². The maximum atomic E-state index is 14.0. The Balaban J connectivity index is 1.53. The Labute approximate surface area is 193 Å². The van der Waals surface area contributed by atoms with E-state index in [0.717, 1.165) is 35.0 Å². The summed E-state index contributed by atoms with van der Waals surface area (Å²) < 4.78 is 5.59. The maximum Gasteiger partial charge on any atom is 0.144 e. The average Bonchev–Trinajstić information content (AvgIpc) is 3.50. The van der Waals surface area contributed by atoms with Crippen molar-refractivity contribution in [2.75, 3.05) is 20.2 Å². The van der Waals surface area contributed by atoms with Crippen molar-refractivity contribution < 1.29 is 14.6 Å². The smallest absolute Gasteiger partial charge is 0.144 e. The lowest BCUT2D eigenvalue weighted by Gasteiger charge is -2.45. The van der Waals surface area contributed by atoms with Gasteiger partial charge in [0.1, 0.15) is 11.5 Å². The van der Waals surface area contributed by atoms with Crippen LogP contribution in [-0.4, -0.2) is 36.1 Å². The summed E-state index contributed by atoms with van der Waals surface area (Å²) in [6, 6.07) is 17.7. The maximum absolute atomic E-state index is 14.0. The molecule has 0 spiro atoms. The molecule has 2 aliphatic rings. The highest BCUT2D eigenvalue weighted by Gasteiger charge is 2.53. The summed E-state index contributed by atoms with van der Waals surface area (Å²) in [6.45, 7) is 1.49. The van der Waals surface area contributed by atoms with Gasteiger partial charge >= 0.3 is 0 Å². The van der Waals surface area contributed by atoms with Crippen LogP contribution in [0.3, 0.4) is 0 Å². The van der Waals surface area contributed by atoms with Crippen molar-refractivity contribution in [2.24, 2.45) is 17.8 Å². The van der Waals surface area contributed by atoms with E-state index in [1.807, 2.05) is 54.7 Å². The molecule has 33 heavy (non-hydrogen) atoms. The predicted molar refractivity (Wildman–Crippen MR) is 126 cm³/mol. The molecule has 3 N–H and O–H groups in total. The molecule has 0 radical (unpaired) electrons. The van der Waals surface area contributed by atoms with Crippen LogP contribution < -0.4 is 10.1 Å². The van der Waals surface area contributed by atoms with Crippen LogP contribution in [0.25, 0.3) is 10.9 Å². The number of nitrogens with one attached hydrogen (secondary N) is 2. The fraction of sp³-hybridized carbons (Fsp3) is 0.407. The number of hydrogen-bond acceptors (Lipinski definition) is 5. The second kappa shape index (κ2) is 8.66. The number of H-pyrrole nitrogens is 1. The first kappa shape index (κ1) is 21.7. The number of rotatable bonds is 6. The summed E-state index contributed by atoms with van der Waals surface area (Å²) >= 11 is 0. The molecule has 6 heteroatoms. The molecule has 1 aliphatic carbocycles. The number of carbonyl (C=O) groups excluding carboxylic acids is 1. The van der Waals surface area contributed by atoms with Gasteiger partial charge in [0, 0.05) is 47.5 Å². The van der Waals surface area contributed by atoms with Gasteiger partial charge in [0.2, 0.25) is 0 Å². The van der Waals surface area contributed by atoms with Gasteiger partial charge in [-0.25, -0.2) is 0 Å². The predicted octanol–water partition coefficient (Wildman–Crippen LogP) is 3.88. The number of benzene rings is 2. The van der Waals surface area contributed by atoms with Crippen LogP contribution in [0, 0.1) is 29.1 Å². The molecule has 1 aliphatic heterocycles. The Hall–Kier alpha value is -3.14. The van der Waals surface area contributed by atoms with Gasteiger partial charge in [-0.3, -0.25) is 4.79 Å². The largest absolute Gasteiger partial charge is 0.496 e. The molecule has 3 aromatic rings. The van der Waals surface area contributed by atoms with E-state index in [4.69, 9.17) is 4.74 Å². The van der Waals surface area contributed by atoms with Crippen LogP contribution in [0.4, 0.5) is 0 Å². The van der Waals surface area contributed by atoms with E-state index in [2.05, 4.69) is 16.4 Å². The minimum Gasteiger partial charge on any atom is -0.496 e. The summed E-state index contributed by atoms with van der Waals surface area (Å²) in [7, 11) is 1.61. The van der Waals surface area contributed by atoms with E-state index in [-0.39, 0.29) is 30.0 Å². The minimum atomic E-state index is -1.17. The second-order valence-electron chi connectivity index (χ2n) is 9.39. The topological polar surface area (TPSA) is 98.1 Å². The molecule has 1 saturated heterocycles. The van der Waals surface area contributed by atoms with Crippen molar-refractivity contribution in [1.29, 1.82) is 5.26 Å². The molecule has 0 bridgehead atoms. The van der Waals surface area contributed by atoms with E-state index in [1.165, 1.54) is 0 Å². The third-order valence-electron chi connectivity index (χ3n) is 7.71. The number of nitrogens with zero attached hydrogens (tertiary/aromatic N) is 1. The molecule has 6 nitrogen and oxygen atoms in total. The van der Waals surface area contributed by atoms with Gasteiger partial charge in [0.25, 0.3) is 0 Å². The molecule has 0 amide bonds. The number of nitriles is 1. The van der Waals surface area contributed by atoms with Crippen molar-refractivity contribution >= 4 is 16.7 Å². The molecular weight excluding hydrogens is 414 g/mol. The van der Waals surface area contributed by atoms with E-state index in [0.29, 0.717) is 18.7 Å². The molecule has 2 fully saturated rings. The van der Waals surface area contributed by atoms with E-state index < -0.39 is 11.5 Å². The molecule has 2 aromatic carbocycles. The zero-order valence-electron chi connectivity index (χ0n) is 18.8. The number of methoxy groups -OCH3 is 1. The van der Waals surface area contributed by atoms with Crippen molar-refractivity contribution in [3.05, 3.63) is 65.9 Å². The minimum absolute atomic E-state index is 0.0142. The Morgan fingerprint density at radius 2 is 2.03 bits per heavy atom. The summed E-state index contributed by atoms with van der Waals surface area (Å²) in [6.07, 6.45) is 3.04. The molecule has 5 atom stereocenters. The molecule has 2 heterocycles. The highest BCUT2D eigenvalue weighted by molar-refractivity contribution is 5.94.